The van der Waals surface area contributed by atoms with Crippen LogP contribution in [0.25, 0.3) is 0 Å². The Bertz CT molecular complexity index is 946. The number of benzene rings is 2. The van der Waals surface area contributed by atoms with Crippen LogP contribution in [-0.2, 0) is 17.6 Å². The molecule has 30 heavy (non-hydrogen) atoms. The van der Waals surface area contributed by atoms with Crippen LogP contribution in [0.1, 0.15) is 41.2 Å². The molecule has 0 aliphatic carbocycles. The maximum absolute atomic E-state index is 10.3. The molecule has 3 aliphatic rings. The largest absolute Gasteiger partial charge is 0.493 e. The predicted molar refractivity (Wildman–Crippen MR) is 111 cm³/mol. The third-order valence-electron chi connectivity index (χ3n) is 5.94. The van der Waals surface area contributed by atoms with E-state index in [1.165, 1.54) is 0 Å². The van der Waals surface area contributed by atoms with Crippen LogP contribution < -0.4 is 14.2 Å². The van der Waals surface area contributed by atoms with Crippen LogP contribution in [0.15, 0.2) is 24.3 Å². The summed E-state index contributed by atoms with van der Waals surface area (Å²) in [6, 6.07) is 7.98. The van der Waals surface area contributed by atoms with E-state index in [9.17, 15) is 10.2 Å². The van der Waals surface area contributed by atoms with Crippen LogP contribution in [0, 0.1) is 0 Å². The molecule has 2 N–H and O–H groups in total. The minimum absolute atomic E-state index is 0.117. The smallest absolute Gasteiger partial charge is 0.161 e. The van der Waals surface area contributed by atoms with Gasteiger partial charge in [0.1, 0.15) is 19.0 Å². The Morgan fingerprint density at radius 3 is 2.67 bits per heavy atom. The Hall–Kier alpha value is -1.99. The van der Waals surface area contributed by atoms with Gasteiger partial charge in [-0.2, -0.15) is 0 Å². The van der Waals surface area contributed by atoms with Crippen molar-refractivity contribution in [3.05, 3.63) is 51.5 Å². The van der Waals surface area contributed by atoms with Crippen molar-refractivity contribution in [3.63, 3.8) is 0 Å². The number of hydrogen-bond acceptors (Lipinski definition) is 6. The molecule has 6 nitrogen and oxygen atoms in total. The normalized spacial score (nSPS) is 25.0. The first kappa shape index (κ1) is 19.9. The molecule has 0 amide bonds. The fourth-order valence-corrected chi connectivity index (χ4v) is 4.83. The summed E-state index contributed by atoms with van der Waals surface area (Å²) >= 11 is 6.78. The van der Waals surface area contributed by atoms with E-state index < -0.39 is 6.10 Å². The van der Waals surface area contributed by atoms with Gasteiger partial charge in [0.25, 0.3) is 0 Å². The van der Waals surface area contributed by atoms with Crippen molar-refractivity contribution in [1.82, 2.24) is 0 Å². The van der Waals surface area contributed by atoms with Gasteiger partial charge in [0, 0.05) is 30.4 Å². The summed E-state index contributed by atoms with van der Waals surface area (Å²) in [5, 5.41) is 20.5. The SMILES string of the molecule is OC[C@@H]1C[C@H](O)C[C@H](c2cc(Cc3ccc4c(c3)OCCO4)c(Cl)c3c2OCC3)O1. The highest BCUT2D eigenvalue weighted by molar-refractivity contribution is 6.32. The first-order chi connectivity index (χ1) is 14.6. The van der Waals surface area contributed by atoms with E-state index in [4.69, 9.17) is 30.5 Å². The van der Waals surface area contributed by atoms with Crippen molar-refractivity contribution in [2.24, 2.45) is 0 Å². The van der Waals surface area contributed by atoms with E-state index in [1.807, 2.05) is 24.3 Å². The first-order valence-electron chi connectivity index (χ1n) is 10.4. The minimum atomic E-state index is -0.519. The third kappa shape index (κ3) is 3.73. The van der Waals surface area contributed by atoms with E-state index in [0.29, 0.717) is 39.1 Å². The lowest BCUT2D eigenvalue weighted by Crippen LogP contribution is -2.33. The van der Waals surface area contributed by atoms with Crippen LogP contribution in [-0.4, -0.2) is 48.8 Å². The van der Waals surface area contributed by atoms with Gasteiger partial charge in [-0.1, -0.05) is 17.7 Å². The Morgan fingerprint density at radius 2 is 1.83 bits per heavy atom. The summed E-state index contributed by atoms with van der Waals surface area (Å²) < 4.78 is 23.3. The van der Waals surface area contributed by atoms with Crippen LogP contribution in [0.3, 0.4) is 0 Å². The Labute approximate surface area is 180 Å². The summed E-state index contributed by atoms with van der Waals surface area (Å²) in [5.41, 5.74) is 3.95. The Balaban J connectivity index is 1.49. The number of ether oxygens (including phenoxy) is 4. The molecule has 1 saturated heterocycles. The van der Waals surface area contributed by atoms with Crippen LogP contribution in [0.2, 0.25) is 5.02 Å². The fraction of sp³-hybridized carbons (Fsp3) is 0.478. The molecule has 2 aromatic rings. The van der Waals surface area contributed by atoms with Crippen molar-refractivity contribution in [2.75, 3.05) is 26.4 Å². The third-order valence-corrected chi connectivity index (χ3v) is 6.41. The maximum Gasteiger partial charge on any atom is 0.161 e. The molecule has 3 atom stereocenters. The highest BCUT2D eigenvalue weighted by Gasteiger charge is 2.34. The molecular formula is C23H25ClO6. The van der Waals surface area contributed by atoms with Gasteiger partial charge in [0.2, 0.25) is 0 Å². The zero-order valence-electron chi connectivity index (χ0n) is 16.6. The second-order valence-corrected chi connectivity index (χ2v) is 8.43. The van der Waals surface area contributed by atoms with Crippen molar-refractivity contribution >= 4 is 11.6 Å². The molecule has 3 aliphatic heterocycles. The summed E-state index contributed by atoms with van der Waals surface area (Å²) in [4.78, 5) is 0. The van der Waals surface area contributed by atoms with E-state index in [1.54, 1.807) is 0 Å². The van der Waals surface area contributed by atoms with Gasteiger partial charge in [-0.05, 0) is 35.7 Å². The second-order valence-electron chi connectivity index (χ2n) is 8.05. The van der Waals surface area contributed by atoms with Gasteiger partial charge in [-0.15, -0.1) is 0 Å². The molecule has 0 aromatic heterocycles. The first-order valence-corrected chi connectivity index (χ1v) is 10.8. The molecule has 160 valence electrons. The molecule has 2 aromatic carbocycles. The lowest BCUT2D eigenvalue weighted by atomic mass is 9.91. The van der Waals surface area contributed by atoms with E-state index in [0.717, 1.165) is 50.9 Å². The quantitative estimate of drug-likeness (QED) is 0.772. The lowest BCUT2D eigenvalue weighted by molar-refractivity contribution is -0.114. The molecule has 3 heterocycles. The maximum atomic E-state index is 10.3. The van der Waals surface area contributed by atoms with Crippen molar-refractivity contribution in [2.45, 2.75) is 44.0 Å². The average molecular weight is 433 g/mol. The fourth-order valence-electron chi connectivity index (χ4n) is 4.53. The number of hydrogen-bond donors (Lipinski definition) is 2. The van der Waals surface area contributed by atoms with E-state index in [2.05, 4.69) is 0 Å². The Kier molecular flexibility index (Phi) is 5.50. The Morgan fingerprint density at radius 1 is 1.00 bits per heavy atom. The van der Waals surface area contributed by atoms with Gasteiger partial charge in [0.15, 0.2) is 11.5 Å². The van der Waals surface area contributed by atoms with Gasteiger partial charge in [-0.3, -0.25) is 0 Å². The molecular weight excluding hydrogens is 408 g/mol. The molecule has 7 heteroatoms. The molecule has 0 unspecified atom stereocenters. The second kappa shape index (κ2) is 8.27. The van der Waals surface area contributed by atoms with Crippen molar-refractivity contribution in [1.29, 1.82) is 0 Å². The predicted octanol–water partition coefficient (Wildman–Crippen LogP) is 3.21. The van der Waals surface area contributed by atoms with Gasteiger partial charge < -0.3 is 29.2 Å². The zero-order chi connectivity index (χ0) is 20.7. The minimum Gasteiger partial charge on any atom is -0.493 e. The number of halogens is 1. The lowest BCUT2D eigenvalue weighted by Gasteiger charge is -2.33. The topological polar surface area (TPSA) is 77.4 Å². The zero-order valence-corrected chi connectivity index (χ0v) is 17.4. The molecule has 5 rings (SSSR count). The summed E-state index contributed by atoms with van der Waals surface area (Å²) in [6.45, 7) is 1.57. The monoisotopic (exact) mass is 432 g/mol. The van der Waals surface area contributed by atoms with Crippen LogP contribution >= 0.6 is 11.6 Å². The summed E-state index contributed by atoms with van der Waals surface area (Å²) in [5.74, 6) is 2.28. The van der Waals surface area contributed by atoms with Crippen LogP contribution in [0.5, 0.6) is 17.2 Å². The summed E-state index contributed by atoms with van der Waals surface area (Å²) in [6.07, 6.45) is 1.05. The molecule has 0 bridgehead atoms. The van der Waals surface area contributed by atoms with Crippen LogP contribution in [0.4, 0.5) is 0 Å². The number of rotatable bonds is 4. The molecule has 0 radical (unpaired) electrons. The number of fused-ring (bicyclic) bond motifs is 2. The molecule has 1 fully saturated rings. The standard InChI is InChI=1S/C23H25ClO6/c24-22-14(7-13-1-2-19-21(8-13)28-6-5-27-19)9-18(23-17(22)3-4-29-23)20-11-15(26)10-16(12-25)30-20/h1-2,8-9,15-16,20,25-26H,3-7,10-12H2/t15-,16-,20+/m0/s1. The van der Waals surface area contributed by atoms with E-state index >= 15 is 0 Å². The average Bonchev–Trinajstić information content (AvgIpc) is 3.25. The van der Waals surface area contributed by atoms with Gasteiger partial charge in [-0.25, -0.2) is 0 Å². The van der Waals surface area contributed by atoms with Gasteiger partial charge in [0.05, 0.1) is 36.5 Å². The molecule has 0 spiro atoms. The summed E-state index contributed by atoms with van der Waals surface area (Å²) in [7, 11) is 0. The number of aliphatic hydroxyl groups excluding tert-OH is 2. The van der Waals surface area contributed by atoms with Crippen molar-refractivity contribution in [3.8, 4) is 17.2 Å². The van der Waals surface area contributed by atoms with Gasteiger partial charge >= 0.3 is 0 Å². The number of aliphatic hydroxyl groups is 2. The highest BCUT2D eigenvalue weighted by Crippen LogP contribution is 2.45. The van der Waals surface area contributed by atoms with Crippen molar-refractivity contribution < 1.29 is 29.2 Å². The van der Waals surface area contributed by atoms with E-state index in [-0.39, 0.29) is 18.8 Å². The highest BCUT2D eigenvalue weighted by atomic mass is 35.5. The molecule has 0 saturated carbocycles.